The maximum absolute atomic E-state index is 11.8. The molecule has 1 saturated heterocycles. The van der Waals surface area contributed by atoms with Gasteiger partial charge in [-0.15, -0.1) is 0 Å². The van der Waals surface area contributed by atoms with E-state index in [2.05, 4.69) is 17.1 Å². The van der Waals surface area contributed by atoms with Gasteiger partial charge in [-0.3, -0.25) is 9.69 Å². The number of hydrogen-bond acceptors (Lipinski definition) is 5. The van der Waals surface area contributed by atoms with Crippen molar-refractivity contribution in [3.8, 4) is 0 Å². The van der Waals surface area contributed by atoms with Gasteiger partial charge in [-0.2, -0.15) is 0 Å². The molecule has 0 bridgehead atoms. The molecule has 2 atom stereocenters. The zero-order valence-electron chi connectivity index (χ0n) is 11.9. The van der Waals surface area contributed by atoms with Gasteiger partial charge in [0.1, 0.15) is 6.04 Å². The average molecular weight is 258 g/mol. The summed E-state index contributed by atoms with van der Waals surface area (Å²) in [7, 11) is 1.44. The highest BCUT2D eigenvalue weighted by molar-refractivity contribution is 5.76. The minimum Gasteiger partial charge on any atom is -0.468 e. The zero-order chi connectivity index (χ0) is 13.5. The van der Waals surface area contributed by atoms with Crippen molar-refractivity contribution < 1.29 is 14.3 Å². The quantitative estimate of drug-likeness (QED) is 0.708. The second-order valence-corrected chi connectivity index (χ2v) is 5.03. The van der Waals surface area contributed by atoms with Crippen LogP contribution in [0.25, 0.3) is 0 Å². The van der Waals surface area contributed by atoms with E-state index < -0.39 is 0 Å². The van der Waals surface area contributed by atoms with Crippen molar-refractivity contribution in [1.29, 1.82) is 0 Å². The Morgan fingerprint density at radius 1 is 1.56 bits per heavy atom. The van der Waals surface area contributed by atoms with Crippen LogP contribution in [0.4, 0.5) is 0 Å². The number of hydrogen-bond donors (Lipinski definition) is 1. The molecular weight excluding hydrogens is 232 g/mol. The van der Waals surface area contributed by atoms with Crippen LogP contribution in [-0.4, -0.2) is 62.4 Å². The molecule has 106 valence electrons. The van der Waals surface area contributed by atoms with Crippen molar-refractivity contribution in [1.82, 2.24) is 10.2 Å². The number of carbonyl (C=O) groups excluding carboxylic acids is 1. The third kappa shape index (κ3) is 4.55. The number of rotatable bonds is 6. The van der Waals surface area contributed by atoms with Crippen molar-refractivity contribution in [2.45, 2.75) is 45.3 Å². The number of carbonyl (C=O) groups is 1. The molecule has 0 radical (unpaired) electrons. The molecule has 0 spiro atoms. The number of ether oxygens (including phenoxy) is 2. The van der Waals surface area contributed by atoms with Crippen LogP contribution in [-0.2, 0) is 14.3 Å². The Balaban J connectivity index is 2.59. The molecule has 1 fully saturated rings. The monoisotopic (exact) mass is 258 g/mol. The fourth-order valence-corrected chi connectivity index (χ4v) is 2.28. The summed E-state index contributed by atoms with van der Waals surface area (Å²) in [5.74, 6) is -0.190. The third-order valence-corrected chi connectivity index (χ3v) is 3.26. The van der Waals surface area contributed by atoms with Crippen molar-refractivity contribution >= 4 is 5.97 Å². The standard InChI is InChI=1S/C13H26N2O3/c1-5-11-9-18-7-6-15(11)8-12(13(16)17-4)14-10(2)3/h10-12,14H,5-9H2,1-4H3. The van der Waals surface area contributed by atoms with Crippen LogP contribution in [0.3, 0.4) is 0 Å². The summed E-state index contributed by atoms with van der Waals surface area (Å²) in [4.78, 5) is 14.1. The van der Waals surface area contributed by atoms with Gasteiger partial charge in [0, 0.05) is 25.2 Å². The predicted octanol–water partition coefficient (Wildman–Crippen LogP) is 0.637. The summed E-state index contributed by atoms with van der Waals surface area (Å²) in [6, 6.07) is 0.400. The van der Waals surface area contributed by atoms with E-state index >= 15 is 0 Å². The summed E-state index contributed by atoms with van der Waals surface area (Å²) in [6.07, 6.45) is 1.04. The SMILES string of the molecule is CCC1COCCN1CC(NC(C)C)C(=O)OC. The maximum Gasteiger partial charge on any atom is 0.324 e. The molecule has 0 aromatic rings. The van der Waals surface area contributed by atoms with Crippen LogP contribution in [0.15, 0.2) is 0 Å². The average Bonchev–Trinajstić information content (AvgIpc) is 2.37. The van der Waals surface area contributed by atoms with E-state index in [1.807, 2.05) is 13.8 Å². The minimum absolute atomic E-state index is 0.190. The summed E-state index contributed by atoms with van der Waals surface area (Å²) in [6.45, 7) is 9.28. The lowest BCUT2D eigenvalue weighted by molar-refractivity contribution is -0.144. The molecule has 1 N–H and O–H groups in total. The number of morpholine rings is 1. The van der Waals surface area contributed by atoms with Gasteiger partial charge in [0.15, 0.2) is 0 Å². The molecule has 0 aromatic heterocycles. The molecule has 1 heterocycles. The normalized spacial score (nSPS) is 23.1. The molecule has 5 heteroatoms. The molecule has 1 rings (SSSR count). The first-order valence-corrected chi connectivity index (χ1v) is 6.74. The number of nitrogens with one attached hydrogen (secondary N) is 1. The smallest absolute Gasteiger partial charge is 0.324 e. The first kappa shape index (κ1) is 15.4. The Hall–Kier alpha value is -0.650. The molecule has 0 amide bonds. The molecule has 0 aromatic carbocycles. The van der Waals surface area contributed by atoms with Gasteiger partial charge in [-0.05, 0) is 6.42 Å². The van der Waals surface area contributed by atoms with E-state index in [9.17, 15) is 4.79 Å². The summed E-state index contributed by atoms with van der Waals surface area (Å²) in [5.41, 5.74) is 0. The van der Waals surface area contributed by atoms with Gasteiger partial charge in [-0.25, -0.2) is 0 Å². The molecule has 5 nitrogen and oxygen atoms in total. The highest BCUT2D eigenvalue weighted by atomic mass is 16.5. The number of nitrogens with zero attached hydrogens (tertiary/aromatic N) is 1. The first-order chi connectivity index (χ1) is 8.58. The first-order valence-electron chi connectivity index (χ1n) is 6.74. The second-order valence-electron chi connectivity index (χ2n) is 5.03. The fraction of sp³-hybridized carbons (Fsp3) is 0.923. The van der Waals surface area contributed by atoms with E-state index in [4.69, 9.17) is 9.47 Å². The molecule has 0 saturated carbocycles. The van der Waals surface area contributed by atoms with Crippen LogP contribution in [0.1, 0.15) is 27.2 Å². The van der Waals surface area contributed by atoms with Crippen molar-refractivity contribution in [2.24, 2.45) is 0 Å². The van der Waals surface area contributed by atoms with Gasteiger partial charge < -0.3 is 14.8 Å². The van der Waals surface area contributed by atoms with Crippen LogP contribution in [0.5, 0.6) is 0 Å². The molecule has 18 heavy (non-hydrogen) atoms. The highest BCUT2D eigenvalue weighted by Gasteiger charge is 2.28. The van der Waals surface area contributed by atoms with Crippen molar-refractivity contribution in [3.05, 3.63) is 0 Å². The fourth-order valence-electron chi connectivity index (χ4n) is 2.28. The molecular formula is C13H26N2O3. The van der Waals surface area contributed by atoms with Crippen LogP contribution in [0, 0.1) is 0 Å². The van der Waals surface area contributed by atoms with Crippen molar-refractivity contribution in [3.63, 3.8) is 0 Å². The lowest BCUT2D eigenvalue weighted by atomic mass is 10.1. The third-order valence-electron chi connectivity index (χ3n) is 3.26. The minimum atomic E-state index is -0.262. The zero-order valence-corrected chi connectivity index (χ0v) is 11.9. The second kappa shape index (κ2) is 7.71. The van der Waals surface area contributed by atoms with E-state index in [1.165, 1.54) is 7.11 Å². The highest BCUT2D eigenvalue weighted by Crippen LogP contribution is 2.11. The Morgan fingerprint density at radius 3 is 2.83 bits per heavy atom. The van der Waals surface area contributed by atoms with E-state index in [0.717, 1.165) is 26.2 Å². The molecule has 2 unspecified atom stereocenters. The van der Waals surface area contributed by atoms with E-state index in [-0.39, 0.29) is 18.1 Å². The van der Waals surface area contributed by atoms with E-state index in [0.29, 0.717) is 12.6 Å². The Kier molecular flexibility index (Phi) is 6.60. The van der Waals surface area contributed by atoms with Crippen LogP contribution < -0.4 is 5.32 Å². The number of esters is 1. The Morgan fingerprint density at radius 2 is 2.28 bits per heavy atom. The van der Waals surface area contributed by atoms with Crippen molar-refractivity contribution in [2.75, 3.05) is 33.4 Å². The molecule has 0 aliphatic carbocycles. The topological polar surface area (TPSA) is 50.8 Å². The summed E-state index contributed by atoms with van der Waals surface area (Å²) >= 11 is 0. The largest absolute Gasteiger partial charge is 0.468 e. The maximum atomic E-state index is 11.8. The molecule has 1 aliphatic rings. The summed E-state index contributed by atoms with van der Waals surface area (Å²) < 4.78 is 10.3. The van der Waals surface area contributed by atoms with Gasteiger partial charge in [0.2, 0.25) is 0 Å². The lowest BCUT2D eigenvalue weighted by Gasteiger charge is -2.37. The van der Waals surface area contributed by atoms with Gasteiger partial charge in [0.05, 0.1) is 20.3 Å². The van der Waals surface area contributed by atoms with Crippen LogP contribution in [0.2, 0.25) is 0 Å². The van der Waals surface area contributed by atoms with Gasteiger partial charge in [-0.1, -0.05) is 20.8 Å². The Labute approximate surface area is 110 Å². The molecule has 1 aliphatic heterocycles. The summed E-state index contributed by atoms with van der Waals surface area (Å²) in [5, 5.41) is 3.27. The van der Waals surface area contributed by atoms with Gasteiger partial charge >= 0.3 is 5.97 Å². The predicted molar refractivity (Wildman–Crippen MR) is 70.5 cm³/mol. The van der Waals surface area contributed by atoms with E-state index in [1.54, 1.807) is 0 Å². The number of methoxy groups -OCH3 is 1. The van der Waals surface area contributed by atoms with Gasteiger partial charge in [0.25, 0.3) is 0 Å². The lowest BCUT2D eigenvalue weighted by Crippen LogP contribution is -2.54. The van der Waals surface area contributed by atoms with Crippen LogP contribution >= 0.6 is 0 Å². The Bertz CT molecular complexity index is 259.